The van der Waals surface area contributed by atoms with Crippen LogP contribution in [0.2, 0.25) is 0 Å². The fourth-order valence-electron chi connectivity index (χ4n) is 3.26. The van der Waals surface area contributed by atoms with E-state index in [-0.39, 0.29) is 24.6 Å². The number of morpholine rings is 1. The van der Waals surface area contributed by atoms with Gasteiger partial charge in [0.15, 0.2) is 5.65 Å². The molecule has 1 aliphatic rings. The minimum Gasteiger partial charge on any atom is -0.473 e. The van der Waals surface area contributed by atoms with Crippen LogP contribution in [0.25, 0.3) is 5.65 Å². The Balaban J connectivity index is 1.43. The molecule has 1 fully saturated rings. The number of anilines is 1. The summed E-state index contributed by atoms with van der Waals surface area (Å²) in [4.78, 5) is 23.4. The van der Waals surface area contributed by atoms with Crippen molar-refractivity contribution in [2.24, 2.45) is 0 Å². The standard InChI is InChI=1S/C20H23FN6O3/c1-13-12-29-8-7-26(13)17-5-6-27-19(25-17)16(11-24-27)20(28)23-9-14(2)30-18-4-3-15(21)10-22-18/h3-6,10-11,13-14H,7-9,12H2,1-2H3,(H,23,28)/t13-,14+/m1/s1. The lowest BCUT2D eigenvalue weighted by molar-refractivity contribution is 0.0932. The first-order chi connectivity index (χ1) is 14.5. The lowest BCUT2D eigenvalue weighted by atomic mass is 10.2. The molecule has 0 saturated carbocycles. The molecule has 3 aromatic rings. The van der Waals surface area contributed by atoms with E-state index in [2.05, 4.69) is 32.2 Å². The second-order valence-corrected chi connectivity index (χ2v) is 7.18. The molecule has 4 rings (SSSR count). The Morgan fingerprint density at radius 1 is 1.40 bits per heavy atom. The minimum atomic E-state index is -0.435. The van der Waals surface area contributed by atoms with E-state index in [9.17, 15) is 9.18 Å². The SMILES string of the molecule is C[C@@H]1COCCN1c1ccn2ncc(C(=O)NC[C@H](C)Oc3ccc(F)cn3)c2n1. The van der Waals surface area contributed by atoms with Crippen LogP contribution >= 0.6 is 0 Å². The number of fused-ring (bicyclic) bond motifs is 1. The summed E-state index contributed by atoms with van der Waals surface area (Å²) in [5.41, 5.74) is 0.863. The summed E-state index contributed by atoms with van der Waals surface area (Å²) in [5.74, 6) is 0.342. The lowest BCUT2D eigenvalue weighted by Crippen LogP contribution is -2.44. The highest BCUT2D eigenvalue weighted by molar-refractivity contribution is 5.99. The third kappa shape index (κ3) is 4.33. The maximum Gasteiger partial charge on any atom is 0.256 e. The van der Waals surface area contributed by atoms with Crippen LogP contribution in [-0.4, -0.2) is 63.9 Å². The van der Waals surface area contributed by atoms with E-state index in [0.29, 0.717) is 30.3 Å². The number of halogens is 1. The van der Waals surface area contributed by atoms with Crippen LogP contribution in [0.15, 0.2) is 36.8 Å². The molecule has 158 valence electrons. The zero-order valence-corrected chi connectivity index (χ0v) is 16.8. The summed E-state index contributed by atoms with van der Waals surface area (Å²) in [5, 5.41) is 7.05. The van der Waals surface area contributed by atoms with Gasteiger partial charge in [-0.2, -0.15) is 5.10 Å². The predicted octanol–water partition coefficient (Wildman–Crippen LogP) is 1.69. The van der Waals surface area contributed by atoms with Gasteiger partial charge in [-0.15, -0.1) is 0 Å². The first kappa shape index (κ1) is 20.0. The number of amides is 1. The summed E-state index contributed by atoms with van der Waals surface area (Å²) < 4.78 is 25.6. The summed E-state index contributed by atoms with van der Waals surface area (Å²) >= 11 is 0. The van der Waals surface area contributed by atoms with Crippen molar-refractivity contribution in [1.82, 2.24) is 24.9 Å². The average molecular weight is 414 g/mol. The normalized spacial score (nSPS) is 17.7. The number of rotatable bonds is 6. The van der Waals surface area contributed by atoms with Crippen molar-refractivity contribution < 1.29 is 18.7 Å². The number of nitrogens with one attached hydrogen (secondary N) is 1. The Bertz CT molecular complexity index is 1030. The molecule has 1 aliphatic heterocycles. The number of ether oxygens (including phenoxy) is 2. The van der Waals surface area contributed by atoms with Gasteiger partial charge in [-0.05, 0) is 26.0 Å². The number of pyridine rings is 1. The molecule has 0 bridgehead atoms. The number of hydrogen-bond donors (Lipinski definition) is 1. The van der Waals surface area contributed by atoms with Gasteiger partial charge in [-0.1, -0.05) is 0 Å². The number of hydrogen-bond acceptors (Lipinski definition) is 7. The van der Waals surface area contributed by atoms with Crippen LogP contribution in [0.3, 0.4) is 0 Å². The predicted molar refractivity (Wildman–Crippen MR) is 107 cm³/mol. The molecule has 0 aromatic carbocycles. The van der Waals surface area contributed by atoms with Crippen LogP contribution in [0.4, 0.5) is 10.2 Å². The fraction of sp³-hybridized carbons (Fsp3) is 0.400. The third-order valence-corrected chi connectivity index (χ3v) is 4.83. The molecule has 1 amide bonds. The van der Waals surface area contributed by atoms with Gasteiger partial charge in [-0.3, -0.25) is 4.79 Å². The second kappa shape index (κ2) is 8.62. The Hall–Kier alpha value is -3.27. The van der Waals surface area contributed by atoms with E-state index in [1.807, 2.05) is 6.07 Å². The Morgan fingerprint density at radius 2 is 2.27 bits per heavy atom. The molecule has 4 heterocycles. The molecule has 1 N–H and O–H groups in total. The molecule has 2 atom stereocenters. The monoisotopic (exact) mass is 414 g/mol. The summed E-state index contributed by atoms with van der Waals surface area (Å²) in [6.07, 6.45) is 4.02. The second-order valence-electron chi connectivity index (χ2n) is 7.18. The molecule has 10 heteroatoms. The van der Waals surface area contributed by atoms with Crippen molar-refractivity contribution in [2.45, 2.75) is 26.0 Å². The van der Waals surface area contributed by atoms with Crippen molar-refractivity contribution in [1.29, 1.82) is 0 Å². The molecule has 0 unspecified atom stereocenters. The molecule has 1 saturated heterocycles. The lowest BCUT2D eigenvalue weighted by Gasteiger charge is -2.34. The zero-order chi connectivity index (χ0) is 21.1. The van der Waals surface area contributed by atoms with Crippen molar-refractivity contribution >= 4 is 17.4 Å². The van der Waals surface area contributed by atoms with Crippen molar-refractivity contribution in [3.8, 4) is 5.88 Å². The van der Waals surface area contributed by atoms with Crippen LogP contribution in [-0.2, 0) is 4.74 Å². The van der Waals surface area contributed by atoms with Crippen molar-refractivity contribution in [3.63, 3.8) is 0 Å². The number of carbonyl (C=O) groups excluding carboxylic acids is 1. The topological polar surface area (TPSA) is 93.9 Å². The van der Waals surface area contributed by atoms with Crippen LogP contribution in [0, 0.1) is 5.82 Å². The molecule has 0 aliphatic carbocycles. The first-order valence-electron chi connectivity index (χ1n) is 9.76. The smallest absolute Gasteiger partial charge is 0.256 e. The fourth-order valence-corrected chi connectivity index (χ4v) is 3.26. The molecule has 0 radical (unpaired) electrons. The molecule has 30 heavy (non-hydrogen) atoms. The highest BCUT2D eigenvalue weighted by Gasteiger charge is 2.22. The van der Waals surface area contributed by atoms with E-state index in [0.717, 1.165) is 18.6 Å². The van der Waals surface area contributed by atoms with E-state index < -0.39 is 5.82 Å². The Labute approximate surface area is 172 Å². The van der Waals surface area contributed by atoms with Crippen LogP contribution in [0.5, 0.6) is 5.88 Å². The van der Waals surface area contributed by atoms with Crippen molar-refractivity contribution in [3.05, 3.63) is 48.2 Å². The highest BCUT2D eigenvalue weighted by Crippen LogP contribution is 2.19. The first-order valence-corrected chi connectivity index (χ1v) is 9.76. The van der Waals surface area contributed by atoms with Crippen LogP contribution in [0.1, 0.15) is 24.2 Å². The van der Waals surface area contributed by atoms with Crippen molar-refractivity contribution in [2.75, 3.05) is 31.2 Å². The van der Waals surface area contributed by atoms with Gasteiger partial charge in [0.1, 0.15) is 23.3 Å². The molecule has 3 aromatic heterocycles. The van der Waals surface area contributed by atoms with Gasteiger partial charge in [0, 0.05) is 18.8 Å². The summed E-state index contributed by atoms with van der Waals surface area (Å²) in [6.45, 7) is 6.14. The minimum absolute atomic E-state index is 0.201. The number of carbonyl (C=O) groups is 1. The van der Waals surface area contributed by atoms with Gasteiger partial charge < -0.3 is 19.7 Å². The zero-order valence-electron chi connectivity index (χ0n) is 16.8. The van der Waals surface area contributed by atoms with Gasteiger partial charge in [0.05, 0.1) is 38.2 Å². The maximum absolute atomic E-state index is 12.9. The van der Waals surface area contributed by atoms with Gasteiger partial charge >= 0.3 is 0 Å². The number of nitrogens with zero attached hydrogens (tertiary/aromatic N) is 5. The molecular weight excluding hydrogens is 391 g/mol. The van der Waals surface area contributed by atoms with E-state index >= 15 is 0 Å². The van der Waals surface area contributed by atoms with Gasteiger partial charge in [0.25, 0.3) is 5.91 Å². The average Bonchev–Trinajstić information content (AvgIpc) is 3.17. The largest absolute Gasteiger partial charge is 0.473 e. The highest BCUT2D eigenvalue weighted by atomic mass is 19.1. The Kier molecular flexibility index (Phi) is 5.75. The molecular formula is C20H23FN6O3. The molecule has 9 nitrogen and oxygen atoms in total. The van der Waals surface area contributed by atoms with E-state index in [1.54, 1.807) is 17.6 Å². The van der Waals surface area contributed by atoms with Gasteiger partial charge in [-0.25, -0.2) is 18.9 Å². The Morgan fingerprint density at radius 3 is 3.03 bits per heavy atom. The summed E-state index contributed by atoms with van der Waals surface area (Å²) in [7, 11) is 0. The maximum atomic E-state index is 12.9. The van der Waals surface area contributed by atoms with E-state index in [4.69, 9.17) is 9.47 Å². The molecule has 0 spiro atoms. The number of aromatic nitrogens is 4. The quantitative estimate of drug-likeness (QED) is 0.656. The van der Waals surface area contributed by atoms with Gasteiger partial charge in [0.2, 0.25) is 5.88 Å². The van der Waals surface area contributed by atoms with Crippen LogP contribution < -0.4 is 15.0 Å². The third-order valence-electron chi connectivity index (χ3n) is 4.83. The summed E-state index contributed by atoms with van der Waals surface area (Å²) in [6, 6.07) is 4.80. The van der Waals surface area contributed by atoms with E-state index in [1.165, 1.54) is 18.3 Å².